The highest BCUT2D eigenvalue weighted by atomic mass is 16.7. The molecule has 0 aromatic heterocycles. The van der Waals surface area contributed by atoms with Crippen molar-refractivity contribution in [2.24, 2.45) is 0 Å². The molecule has 1 unspecified atom stereocenters. The van der Waals surface area contributed by atoms with Gasteiger partial charge in [0.2, 0.25) is 6.79 Å². The molecule has 4 heteroatoms. The number of fused-ring (bicyclic) bond motifs is 1. The van der Waals surface area contributed by atoms with Gasteiger partial charge in [0.15, 0.2) is 11.5 Å². The summed E-state index contributed by atoms with van der Waals surface area (Å²) in [5.41, 5.74) is 1.13. The van der Waals surface area contributed by atoms with Gasteiger partial charge in [0.25, 0.3) is 0 Å². The molecular weight excluding hydrogens is 204 g/mol. The first-order valence-corrected chi connectivity index (χ1v) is 5.29. The Labute approximate surface area is 94.8 Å². The van der Waals surface area contributed by atoms with E-state index in [1.165, 1.54) is 0 Å². The van der Waals surface area contributed by atoms with Gasteiger partial charge in [-0.05, 0) is 31.2 Å². The van der Waals surface area contributed by atoms with E-state index in [2.05, 4.69) is 11.4 Å². The van der Waals surface area contributed by atoms with E-state index in [4.69, 9.17) is 14.7 Å². The van der Waals surface area contributed by atoms with Gasteiger partial charge in [-0.15, -0.1) is 0 Å². The third-order valence-electron chi connectivity index (χ3n) is 2.69. The van der Waals surface area contributed by atoms with Gasteiger partial charge >= 0.3 is 0 Å². The molecule has 1 aromatic rings. The zero-order valence-corrected chi connectivity index (χ0v) is 9.19. The number of nitrogens with zero attached hydrogens (tertiary/aromatic N) is 1. The van der Waals surface area contributed by atoms with Gasteiger partial charge in [-0.3, -0.25) is 0 Å². The Morgan fingerprint density at radius 3 is 3.00 bits per heavy atom. The fourth-order valence-corrected chi connectivity index (χ4v) is 1.82. The molecule has 1 atom stereocenters. The molecular formula is C12H14N2O2. The molecule has 0 saturated carbocycles. The number of nitrogens with one attached hydrogen (secondary N) is 1. The Morgan fingerprint density at radius 1 is 1.44 bits per heavy atom. The molecule has 84 valence electrons. The van der Waals surface area contributed by atoms with Crippen LogP contribution < -0.4 is 14.8 Å². The van der Waals surface area contributed by atoms with Crippen molar-refractivity contribution < 1.29 is 9.47 Å². The van der Waals surface area contributed by atoms with E-state index in [1.807, 2.05) is 25.2 Å². The Hall–Kier alpha value is -1.73. The summed E-state index contributed by atoms with van der Waals surface area (Å²) < 4.78 is 10.6. The lowest BCUT2D eigenvalue weighted by atomic mass is 10.0. The second-order valence-electron chi connectivity index (χ2n) is 3.65. The predicted molar refractivity (Wildman–Crippen MR) is 59.2 cm³/mol. The zero-order valence-electron chi connectivity index (χ0n) is 9.19. The molecule has 0 fully saturated rings. The summed E-state index contributed by atoms with van der Waals surface area (Å²) in [6.07, 6.45) is 1.34. The molecule has 0 spiro atoms. The summed E-state index contributed by atoms with van der Waals surface area (Å²) in [6, 6.07) is 8.24. The molecule has 1 aromatic carbocycles. The maximum absolute atomic E-state index is 8.59. The molecule has 0 aliphatic carbocycles. The van der Waals surface area contributed by atoms with Crippen molar-refractivity contribution >= 4 is 0 Å². The van der Waals surface area contributed by atoms with E-state index < -0.39 is 0 Å². The third-order valence-corrected chi connectivity index (χ3v) is 2.69. The Morgan fingerprint density at radius 2 is 2.25 bits per heavy atom. The van der Waals surface area contributed by atoms with Crippen molar-refractivity contribution in [1.82, 2.24) is 5.32 Å². The lowest BCUT2D eigenvalue weighted by Crippen LogP contribution is -2.15. The number of benzene rings is 1. The summed E-state index contributed by atoms with van der Waals surface area (Å²) in [5.74, 6) is 1.58. The average Bonchev–Trinajstić information content (AvgIpc) is 2.77. The van der Waals surface area contributed by atoms with Crippen LogP contribution in [0.4, 0.5) is 0 Å². The van der Waals surface area contributed by atoms with E-state index in [9.17, 15) is 0 Å². The monoisotopic (exact) mass is 218 g/mol. The first-order chi connectivity index (χ1) is 7.85. The van der Waals surface area contributed by atoms with Crippen LogP contribution in [0.2, 0.25) is 0 Å². The van der Waals surface area contributed by atoms with Crippen LogP contribution in [-0.2, 0) is 0 Å². The van der Waals surface area contributed by atoms with E-state index in [1.54, 1.807) is 0 Å². The van der Waals surface area contributed by atoms with Crippen LogP contribution in [0.1, 0.15) is 24.4 Å². The lowest BCUT2D eigenvalue weighted by Gasteiger charge is -2.15. The molecule has 1 aliphatic rings. The Kier molecular flexibility index (Phi) is 3.28. The minimum Gasteiger partial charge on any atom is -0.454 e. The van der Waals surface area contributed by atoms with Crippen molar-refractivity contribution in [1.29, 1.82) is 5.26 Å². The number of hydrogen-bond donors (Lipinski definition) is 1. The maximum Gasteiger partial charge on any atom is 0.231 e. The number of ether oxygens (including phenoxy) is 2. The highest BCUT2D eigenvalue weighted by Crippen LogP contribution is 2.34. The van der Waals surface area contributed by atoms with Crippen LogP contribution in [-0.4, -0.2) is 13.8 Å². The van der Waals surface area contributed by atoms with Gasteiger partial charge in [-0.2, -0.15) is 5.26 Å². The second-order valence-corrected chi connectivity index (χ2v) is 3.65. The highest BCUT2D eigenvalue weighted by Gasteiger charge is 2.16. The van der Waals surface area contributed by atoms with Gasteiger partial charge in [0.05, 0.1) is 6.07 Å². The van der Waals surface area contributed by atoms with Gasteiger partial charge in [-0.1, -0.05) is 6.07 Å². The fraction of sp³-hybridized carbons (Fsp3) is 0.417. The molecule has 1 N–H and O–H groups in total. The topological polar surface area (TPSA) is 54.3 Å². The first-order valence-electron chi connectivity index (χ1n) is 5.29. The molecule has 1 heterocycles. The van der Waals surface area contributed by atoms with Crippen molar-refractivity contribution in [2.75, 3.05) is 13.8 Å². The first kappa shape index (κ1) is 10.8. The molecule has 16 heavy (non-hydrogen) atoms. The summed E-state index contributed by atoms with van der Waals surface area (Å²) >= 11 is 0. The summed E-state index contributed by atoms with van der Waals surface area (Å²) in [5, 5.41) is 11.8. The second kappa shape index (κ2) is 4.86. The lowest BCUT2D eigenvalue weighted by molar-refractivity contribution is 0.174. The highest BCUT2D eigenvalue weighted by molar-refractivity contribution is 5.45. The Balaban J connectivity index is 2.16. The minimum atomic E-state index is 0.189. The smallest absolute Gasteiger partial charge is 0.231 e. The van der Waals surface area contributed by atoms with Gasteiger partial charge in [-0.25, -0.2) is 0 Å². The zero-order chi connectivity index (χ0) is 11.4. The van der Waals surface area contributed by atoms with Crippen LogP contribution in [0.25, 0.3) is 0 Å². The van der Waals surface area contributed by atoms with Crippen LogP contribution in [0.5, 0.6) is 11.5 Å². The quantitative estimate of drug-likeness (QED) is 0.839. The Bertz CT molecular complexity index is 412. The predicted octanol–water partition coefficient (Wildman–Crippen LogP) is 1.98. The van der Waals surface area contributed by atoms with E-state index in [0.29, 0.717) is 13.2 Å². The number of nitriles is 1. The molecule has 0 saturated heterocycles. The normalized spacial score (nSPS) is 14.5. The van der Waals surface area contributed by atoms with Crippen molar-refractivity contribution in [3.05, 3.63) is 23.8 Å². The van der Waals surface area contributed by atoms with E-state index >= 15 is 0 Å². The summed E-state index contributed by atoms with van der Waals surface area (Å²) in [4.78, 5) is 0. The van der Waals surface area contributed by atoms with Crippen LogP contribution >= 0.6 is 0 Å². The number of hydrogen-bond acceptors (Lipinski definition) is 4. The molecule has 2 rings (SSSR count). The SMILES string of the molecule is CNC(CCC#N)c1ccc2c(c1)OCO2. The standard InChI is InChI=1S/C12H14N2O2/c1-14-10(3-2-6-13)9-4-5-11-12(7-9)16-8-15-11/h4-5,7,10,14H,2-3,8H2,1H3. The largest absolute Gasteiger partial charge is 0.454 e. The fourth-order valence-electron chi connectivity index (χ4n) is 1.82. The maximum atomic E-state index is 8.59. The van der Waals surface area contributed by atoms with Crippen LogP contribution in [0.15, 0.2) is 18.2 Å². The van der Waals surface area contributed by atoms with Crippen molar-refractivity contribution in [2.45, 2.75) is 18.9 Å². The van der Waals surface area contributed by atoms with E-state index in [-0.39, 0.29) is 6.04 Å². The average molecular weight is 218 g/mol. The molecule has 0 amide bonds. The molecule has 0 radical (unpaired) electrons. The van der Waals surface area contributed by atoms with Gasteiger partial charge in [0, 0.05) is 12.5 Å². The van der Waals surface area contributed by atoms with Crippen molar-refractivity contribution in [3.63, 3.8) is 0 Å². The van der Waals surface area contributed by atoms with Crippen LogP contribution in [0.3, 0.4) is 0 Å². The van der Waals surface area contributed by atoms with E-state index in [0.717, 1.165) is 23.5 Å². The van der Waals surface area contributed by atoms with Crippen molar-refractivity contribution in [3.8, 4) is 17.6 Å². The summed E-state index contributed by atoms with van der Waals surface area (Å²) in [7, 11) is 1.90. The third kappa shape index (κ3) is 2.10. The number of rotatable bonds is 4. The molecule has 4 nitrogen and oxygen atoms in total. The molecule has 0 bridgehead atoms. The van der Waals surface area contributed by atoms with Gasteiger partial charge < -0.3 is 14.8 Å². The minimum absolute atomic E-state index is 0.189. The van der Waals surface area contributed by atoms with Gasteiger partial charge in [0.1, 0.15) is 0 Å². The summed E-state index contributed by atoms with van der Waals surface area (Å²) in [6.45, 7) is 0.293. The van der Waals surface area contributed by atoms with Crippen LogP contribution in [0, 0.1) is 11.3 Å². The molecule has 1 aliphatic heterocycles.